The number of carbonyl (C=O) groups is 2. The van der Waals surface area contributed by atoms with Crippen molar-refractivity contribution in [3.05, 3.63) is 83.9 Å². The van der Waals surface area contributed by atoms with Gasteiger partial charge in [-0.2, -0.15) is 0 Å². The molecule has 0 radical (unpaired) electrons. The fraction of sp³-hybridized carbons (Fsp3) is 0.310. The minimum absolute atomic E-state index is 0.0395. The van der Waals surface area contributed by atoms with Gasteiger partial charge in [-0.1, -0.05) is 80.9 Å². The number of amides is 3. The minimum atomic E-state index is -0.193. The van der Waals surface area contributed by atoms with E-state index < -0.39 is 0 Å². The first-order chi connectivity index (χ1) is 17.0. The van der Waals surface area contributed by atoms with E-state index in [-0.39, 0.29) is 18.0 Å². The lowest BCUT2D eigenvalue weighted by atomic mass is 9.78. The Labute approximate surface area is 211 Å². The van der Waals surface area contributed by atoms with Gasteiger partial charge in [0.25, 0.3) is 5.91 Å². The molecule has 2 N–H and O–H groups in total. The molecule has 3 amide bonds. The Balaban J connectivity index is 1.43. The average Bonchev–Trinajstić information content (AvgIpc) is 2.97. The highest BCUT2D eigenvalue weighted by atomic mass is 32.2. The predicted octanol–water partition coefficient (Wildman–Crippen LogP) is 6.94. The Morgan fingerprint density at radius 1 is 0.971 bits per heavy atom. The molecular weight excluding hydrogens is 454 g/mol. The smallest absolute Gasteiger partial charge is 0.319 e. The molecule has 180 valence electrons. The van der Waals surface area contributed by atoms with Crippen LogP contribution >= 0.6 is 11.8 Å². The van der Waals surface area contributed by atoms with E-state index in [0.29, 0.717) is 29.6 Å². The lowest BCUT2D eigenvalue weighted by Gasteiger charge is -2.34. The molecule has 0 spiro atoms. The van der Waals surface area contributed by atoms with E-state index in [1.165, 1.54) is 6.42 Å². The first kappa shape index (κ1) is 23.5. The number of hydrogen-bond acceptors (Lipinski definition) is 3. The highest BCUT2D eigenvalue weighted by Crippen LogP contribution is 2.43. The molecule has 6 heteroatoms. The molecule has 1 aliphatic heterocycles. The second-order valence-corrected chi connectivity index (χ2v) is 10.7. The van der Waals surface area contributed by atoms with Gasteiger partial charge in [0, 0.05) is 21.5 Å². The SMILES string of the molecule is CC1CCCC(NC(=O)Nc2ccc3c(c2)N(Cc2ccccc2)C(=O)c2ccccc2S3)C1C. The fourth-order valence-corrected chi connectivity index (χ4v) is 6.10. The molecule has 2 aliphatic rings. The quantitative estimate of drug-likeness (QED) is 0.421. The molecule has 3 aromatic rings. The van der Waals surface area contributed by atoms with Crippen LogP contribution in [0.4, 0.5) is 16.2 Å². The number of anilines is 2. The Morgan fingerprint density at radius 2 is 1.74 bits per heavy atom. The van der Waals surface area contributed by atoms with E-state index in [2.05, 4.69) is 24.5 Å². The van der Waals surface area contributed by atoms with Crippen LogP contribution in [0.25, 0.3) is 0 Å². The Morgan fingerprint density at radius 3 is 2.57 bits per heavy atom. The van der Waals surface area contributed by atoms with Crippen LogP contribution in [-0.2, 0) is 6.54 Å². The van der Waals surface area contributed by atoms with Crippen molar-refractivity contribution in [3.63, 3.8) is 0 Å². The topological polar surface area (TPSA) is 61.4 Å². The van der Waals surface area contributed by atoms with Gasteiger partial charge in [-0.15, -0.1) is 0 Å². The van der Waals surface area contributed by atoms with Crippen LogP contribution in [0.1, 0.15) is 49.0 Å². The number of rotatable bonds is 4. The minimum Gasteiger partial charge on any atom is -0.335 e. The number of carbonyl (C=O) groups excluding carboxylic acids is 2. The fourth-order valence-electron chi connectivity index (χ4n) is 5.04. The summed E-state index contributed by atoms with van der Waals surface area (Å²) in [4.78, 5) is 30.3. The van der Waals surface area contributed by atoms with Crippen LogP contribution in [0.2, 0.25) is 0 Å². The van der Waals surface area contributed by atoms with Gasteiger partial charge in [0.15, 0.2) is 0 Å². The van der Waals surface area contributed by atoms with Gasteiger partial charge >= 0.3 is 6.03 Å². The molecule has 0 saturated heterocycles. The second kappa shape index (κ2) is 10.2. The zero-order chi connectivity index (χ0) is 24.4. The van der Waals surface area contributed by atoms with Crippen molar-refractivity contribution in [2.75, 3.05) is 10.2 Å². The maximum atomic E-state index is 13.7. The Bertz CT molecular complexity index is 1230. The first-order valence-corrected chi connectivity index (χ1v) is 13.2. The summed E-state index contributed by atoms with van der Waals surface area (Å²) in [6.07, 6.45) is 3.37. The molecule has 1 fully saturated rings. The summed E-state index contributed by atoms with van der Waals surface area (Å²) in [5.74, 6) is 1.02. The van der Waals surface area contributed by atoms with Gasteiger partial charge in [-0.3, -0.25) is 4.79 Å². The highest BCUT2D eigenvalue weighted by molar-refractivity contribution is 7.99. The summed E-state index contributed by atoms with van der Waals surface area (Å²) in [7, 11) is 0. The summed E-state index contributed by atoms with van der Waals surface area (Å²) >= 11 is 1.59. The van der Waals surface area contributed by atoms with Crippen molar-refractivity contribution < 1.29 is 9.59 Å². The van der Waals surface area contributed by atoms with Gasteiger partial charge in [-0.05, 0) is 54.2 Å². The summed E-state index contributed by atoms with van der Waals surface area (Å²) in [6, 6.07) is 23.5. The molecule has 3 atom stereocenters. The third-order valence-electron chi connectivity index (χ3n) is 7.30. The van der Waals surface area contributed by atoms with Gasteiger partial charge in [0.05, 0.1) is 17.8 Å². The van der Waals surface area contributed by atoms with Gasteiger partial charge in [-0.25, -0.2) is 4.79 Å². The average molecular weight is 486 g/mol. The molecule has 1 saturated carbocycles. The lowest BCUT2D eigenvalue weighted by Crippen LogP contribution is -2.45. The van der Waals surface area contributed by atoms with Crippen molar-refractivity contribution >= 4 is 35.1 Å². The molecule has 5 rings (SSSR count). The molecule has 5 nitrogen and oxygen atoms in total. The number of nitrogens with one attached hydrogen (secondary N) is 2. The Kier molecular flexibility index (Phi) is 6.82. The largest absolute Gasteiger partial charge is 0.335 e. The molecule has 0 aromatic heterocycles. The zero-order valence-corrected chi connectivity index (χ0v) is 21.0. The van der Waals surface area contributed by atoms with Crippen molar-refractivity contribution in [3.8, 4) is 0 Å². The number of benzene rings is 3. The van der Waals surface area contributed by atoms with E-state index in [4.69, 9.17) is 0 Å². The molecule has 1 heterocycles. The van der Waals surface area contributed by atoms with Crippen LogP contribution < -0.4 is 15.5 Å². The van der Waals surface area contributed by atoms with E-state index in [1.54, 1.807) is 11.8 Å². The molecular formula is C29H31N3O2S. The summed E-state index contributed by atoms with van der Waals surface area (Å²) in [5.41, 5.74) is 3.22. The van der Waals surface area contributed by atoms with Crippen molar-refractivity contribution in [1.29, 1.82) is 0 Å². The summed E-state index contributed by atoms with van der Waals surface area (Å²) in [5, 5.41) is 6.20. The van der Waals surface area contributed by atoms with E-state index in [1.807, 2.05) is 77.7 Å². The molecule has 35 heavy (non-hydrogen) atoms. The third-order valence-corrected chi connectivity index (χ3v) is 8.44. The third kappa shape index (κ3) is 5.08. The first-order valence-electron chi connectivity index (χ1n) is 12.3. The Hall–Kier alpha value is -3.25. The van der Waals surface area contributed by atoms with Crippen molar-refractivity contribution in [2.45, 2.75) is 55.5 Å². The maximum Gasteiger partial charge on any atom is 0.319 e. The maximum absolute atomic E-state index is 13.7. The van der Waals surface area contributed by atoms with Crippen molar-refractivity contribution in [2.24, 2.45) is 11.8 Å². The summed E-state index contributed by atoms with van der Waals surface area (Å²) < 4.78 is 0. The second-order valence-electron chi connectivity index (χ2n) is 9.63. The van der Waals surface area contributed by atoms with Gasteiger partial charge < -0.3 is 15.5 Å². The predicted molar refractivity (Wildman–Crippen MR) is 142 cm³/mol. The van der Waals surface area contributed by atoms with E-state index in [9.17, 15) is 9.59 Å². The molecule has 1 aliphatic carbocycles. The lowest BCUT2D eigenvalue weighted by molar-refractivity contribution is 0.0982. The monoisotopic (exact) mass is 485 g/mol. The normalized spacial score (nSPS) is 21.5. The summed E-state index contributed by atoms with van der Waals surface area (Å²) in [6.45, 7) is 4.94. The van der Waals surface area contributed by atoms with E-state index in [0.717, 1.165) is 33.9 Å². The number of hydrogen-bond donors (Lipinski definition) is 2. The molecule has 3 aromatic carbocycles. The van der Waals surface area contributed by atoms with E-state index >= 15 is 0 Å². The number of nitrogens with zero attached hydrogens (tertiary/aromatic N) is 1. The van der Waals surface area contributed by atoms with Gasteiger partial charge in [0.1, 0.15) is 0 Å². The molecule has 0 bridgehead atoms. The standard InChI is InChI=1S/C29H31N3O2S/c1-19-9-8-13-24(20(19)2)31-29(34)30-22-15-16-27-25(17-22)32(18-21-10-4-3-5-11-21)28(33)23-12-6-7-14-26(23)35-27/h3-7,10-12,14-17,19-20,24H,8-9,13,18H2,1-2H3,(H2,30,31,34). The number of fused-ring (bicyclic) bond motifs is 2. The van der Waals surface area contributed by atoms with Crippen LogP contribution in [-0.4, -0.2) is 18.0 Å². The highest BCUT2D eigenvalue weighted by Gasteiger charge is 2.29. The number of urea groups is 1. The van der Waals surface area contributed by atoms with Crippen LogP contribution in [0, 0.1) is 11.8 Å². The zero-order valence-electron chi connectivity index (χ0n) is 20.2. The van der Waals surface area contributed by atoms with Gasteiger partial charge in [0.2, 0.25) is 0 Å². The van der Waals surface area contributed by atoms with Crippen LogP contribution in [0.5, 0.6) is 0 Å². The van der Waals surface area contributed by atoms with Crippen LogP contribution in [0.3, 0.4) is 0 Å². The van der Waals surface area contributed by atoms with Crippen LogP contribution in [0.15, 0.2) is 82.6 Å². The molecule has 3 unspecified atom stereocenters. The van der Waals surface area contributed by atoms with Crippen molar-refractivity contribution in [1.82, 2.24) is 5.32 Å².